The number of hydrogen-bond donors (Lipinski definition) is 1. The normalized spacial score (nSPS) is 10.9. The SMILES string of the molecule is CCCn1c(=O)ccc2c(Cl)c(C(=O)O)c(Cl)cc21. The summed E-state index contributed by atoms with van der Waals surface area (Å²) >= 11 is 12.0. The van der Waals surface area contributed by atoms with Crippen LogP contribution in [0.25, 0.3) is 10.9 Å². The molecule has 0 aliphatic rings. The fraction of sp³-hybridized carbons (Fsp3) is 0.231. The Morgan fingerprint density at radius 1 is 1.37 bits per heavy atom. The van der Waals surface area contributed by atoms with E-state index in [-0.39, 0.29) is 21.2 Å². The lowest BCUT2D eigenvalue weighted by molar-refractivity contribution is 0.0697. The first-order valence-electron chi connectivity index (χ1n) is 5.72. The molecule has 1 aromatic heterocycles. The summed E-state index contributed by atoms with van der Waals surface area (Å²) in [4.78, 5) is 23.0. The quantitative estimate of drug-likeness (QED) is 0.945. The van der Waals surface area contributed by atoms with Gasteiger partial charge in [-0.25, -0.2) is 4.79 Å². The van der Waals surface area contributed by atoms with Crippen LogP contribution in [0.2, 0.25) is 10.0 Å². The van der Waals surface area contributed by atoms with Crippen molar-refractivity contribution in [3.05, 3.63) is 44.2 Å². The lowest BCUT2D eigenvalue weighted by Crippen LogP contribution is -2.19. The Morgan fingerprint density at radius 2 is 2.05 bits per heavy atom. The molecule has 6 heteroatoms. The van der Waals surface area contributed by atoms with Crippen LogP contribution in [0.4, 0.5) is 0 Å². The molecular formula is C13H11Cl2NO3. The number of pyridine rings is 1. The molecule has 0 amide bonds. The van der Waals surface area contributed by atoms with Crippen molar-refractivity contribution in [2.24, 2.45) is 0 Å². The predicted octanol–water partition coefficient (Wildman–Crippen LogP) is 3.42. The van der Waals surface area contributed by atoms with Gasteiger partial charge in [-0.05, 0) is 18.6 Å². The van der Waals surface area contributed by atoms with Crippen LogP contribution >= 0.6 is 23.2 Å². The smallest absolute Gasteiger partial charge is 0.338 e. The molecule has 1 N–H and O–H groups in total. The number of benzene rings is 1. The number of aryl methyl sites for hydroxylation is 1. The molecule has 0 fully saturated rings. The minimum absolute atomic E-state index is 0.0282. The highest BCUT2D eigenvalue weighted by Crippen LogP contribution is 2.32. The average Bonchev–Trinajstić information content (AvgIpc) is 2.32. The second-order valence-corrected chi connectivity index (χ2v) is 4.89. The van der Waals surface area contributed by atoms with Crippen LogP contribution in [-0.2, 0) is 6.54 Å². The molecule has 1 heterocycles. The van der Waals surface area contributed by atoms with E-state index in [4.69, 9.17) is 28.3 Å². The summed E-state index contributed by atoms with van der Waals surface area (Å²) in [5.41, 5.74) is 0.247. The second-order valence-electron chi connectivity index (χ2n) is 4.11. The van der Waals surface area contributed by atoms with Crippen molar-refractivity contribution in [1.29, 1.82) is 0 Å². The minimum Gasteiger partial charge on any atom is -0.478 e. The van der Waals surface area contributed by atoms with Gasteiger partial charge in [-0.2, -0.15) is 0 Å². The fourth-order valence-corrected chi connectivity index (χ4v) is 2.69. The zero-order chi connectivity index (χ0) is 14.2. The van der Waals surface area contributed by atoms with Gasteiger partial charge in [0.05, 0.1) is 21.1 Å². The highest BCUT2D eigenvalue weighted by atomic mass is 35.5. The molecule has 0 unspecified atom stereocenters. The molecule has 0 saturated heterocycles. The van der Waals surface area contributed by atoms with Crippen molar-refractivity contribution in [1.82, 2.24) is 4.57 Å². The number of carbonyl (C=O) groups is 1. The van der Waals surface area contributed by atoms with Gasteiger partial charge in [0, 0.05) is 18.0 Å². The van der Waals surface area contributed by atoms with E-state index in [0.29, 0.717) is 17.4 Å². The molecule has 0 aliphatic carbocycles. The Morgan fingerprint density at radius 3 is 2.63 bits per heavy atom. The topological polar surface area (TPSA) is 59.3 Å². The van der Waals surface area contributed by atoms with Crippen molar-refractivity contribution in [2.45, 2.75) is 19.9 Å². The van der Waals surface area contributed by atoms with Crippen molar-refractivity contribution >= 4 is 40.1 Å². The van der Waals surface area contributed by atoms with E-state index >= 15 is 0 Å². The van der Waals surface area contributed by atoms with Crippen molar-refractivity contribution in [3.63, 3.8) is 0 Å². The molecule has 0 spiro atoms. The molecule has 0 radical (unpaired) electrons. The molecule has 2 rings (SSSR count). The van der Waals surface area contributed by atoms with Gasteiger partial charge < -0.3 is 9.67 Å². The Labute approximate surface area is 119 Å². The molecule has 1 aromatic carbocycles. The van der Waals surface area contributed by atoms with Crippen molar-refractivity contribution in [2.75, 3.05) is 0 Å². The van der Waals surface area contributed by atoms with Gasteiger partial charge >= 0.3 is 5.97 Å². The first-order chi connectivity index (χ1) is 8.97. The van der Waals surface area contributed by atoms with Crippen molar-refractivity contribution in [3.8, 4) is 0 Å². The highest BCUT2D eigenvalue weighted by Gasteiger charge is 2.18. The van der Waals surface area contributed by atoms with E-state index in [1.807, 2.05) is 6.92 Å². The lowest BCUT2D eigenvalue weighted by atomic mass is 10.1. The Kier molecular flexibility index (Phi) is 3.83. The molecule has 100 valence electrons. The Hall–Kier alpha value is -1.52. The van der Waals surface area contributed by atoms with Crippen molar-refractivity contribution < 1.29 is 9.90 Å². The number of carboxylic acids is 1. The van der Waals surface area contributed by atoms with E-state index in [1.54, 1.807) is 4.57 Å². The maximum absolute atomic E-state index is 11.8. The monoisotopic (exact) mass is 299 g/mol. The van der Waals surface area contributed by atoms with Crippen LogP contribution in [0.3, 0.4) is 0 Å². The summed E-state index contributed by atoms with van der Waals surface area (Å²) in [6.07, 6.45) is 0.773. The zero-order valence-corrected chi connectivity index (χ0v) is 11.6. The number of carboxylic acid groups (broad SMARTS) is 1. The number of aromatic nitrogens is 1. The van der Waals surface area contributed by atoms with Gasteiger partial charge in [0.25, 0.3) is 5.56 Å². The number of nitrogens with zero attached hydrogens (tertiary/aromatic N) is 1. The van der Waals surface area contributed by atoms with E-state index < -0.39 is 5.97 Å². The van der Waals surface area contributed by atoms with Gasteiger partial charge in [0.2, 0.25) is 0 Å². The first-order valence-corrected chi connectivity index (χ1v) is 6.47. The second kappa shape index (κ2) is 5.23. The number of halogens is 2. The maximum atomic E-state index is 11.8. The van der Waals surface area contributed by atoms with Crippen LogP contribution in [-0.4, -0.2) is 15.6 Å². The van der Waals surface area contributed by atoms with Gasteiger partial charge in [-0.15, -0.1) is 0 Å². The van der Waals surface area contributed by atoms with E-state index in [1.165, 1.54) is 18.2 Å². The lowest BCUT2D eigenvalue weighted by Gasteiger charge is -2.12. The molecule has 0 saturated carbocycles. The van der Waals surface area contributed by atoms with Crippen LogP contribution in [0.15, 0.2) is 23.0 Å². The maximum Gasteiger partial charge on any atom is 0.338 e. The third kappa shape index (κ3) is 2.33. The number of rotatable bonds is 3. The summed E-state index contributed by atoms with van der Waals surface area (Å²) in [6, 6.07) is 4.38. The van der Waals surface area contributed by atoms with Crippen LogP contribution in [0, 0.1) is 0 Å². The van der Waals surface area contributed by atoms with E-state index in [0.717, 1.165) is 6.42 Å². The Bertz CT molecular complexity index is 722. The Balaban J connectivity index is 2.91. The molecule has 4 nitrogen and oxygen atoms in total. The first kappa shape index (κ1) is 13.9. The highest BCUT2D eigenvalue weighted by molar-refractivity contribution is 6.42. The molecular weight excluding hydrogens is 289 g/mol. The van der Waals surface area contributed by atoms with Gasteiger partial charge in [0.1, 0.15) is 0 Å². The number of aromatic carboxylic acids is 1. The van der Waals surface area contributed by atoms with E-state index in [2.05, 4.69) is 0 Å². The third-order valence-electron chi connectivity index (χ3n) is 2.84. The largest absolute Gasteiger partial charge is 0.478 e. The summed E-state index contributed by atoms with van der Waals surface area (Å²) in [5.74, 6) is -1.19. The van der Waals surface area contributed by atoms with Gasteiger partial charge in [0.15, 0.2) is 0 Å². The number of fused-ring (bicyclic) bond motifs is 1. The molecule has 0 atom stereocenters. The number of hydrogen-bond acceptors (Lipinski definition) is 2. The molecule has 2 aromatic rings. The molecule has 0 bridgehead atoms. The fourth-order valence-electron chi connectivity index (χ4n) is 2.02. The van der Waals surface area contributed by atoms with Crippen LogP contribution in [0.1, 0.15) is 23.7 Å². The summed E-state index contributed by atoms with van der Waals surface area (Å²) in [6.45, 7) is 2.47. The standard InChI is InChI=1S/C13H11Cl2NO3/c1-2-5-16-9-6-8(14)11(13(18)19)12(15)7(9)3-4-10(16)17/h3-4,6H,2,5H2,1H3,(H,18,19). The third-order valence-corrected chi connectivity index (χ3v) is 3.54. The predicted molar refractivity (Wildman–Crippen MR) is 75.5 cm³/mol. The molecule has 19 heavy (non-hydrogen) atoms. The van der Waals surface area contributed by atoms with Gasteiger partial charge in [-0.3, -0.25) is 4.79 Å². The van der Waals surface area contributed by atoms with Crippen LogP contribution in [0.5, 0.6) is 0 Å². The minimum atomic E-state index is -1.19. The van der Waals surface area contributed by atoms with Gasteiger partial charge in [-0.1, -0.05) is 30.1 Å². The van der Waals surface area contributed by atoms with E-state index in [9.17, 15) is 9.59 Å². The average molecular weight is 300 g/mol. The summed E-state index contributed by atoms with van der Waals surface area (Å²) < 4.78 is 1.54. The summed E-state index contributed by atoms with van der Waals surface area (Å²) in [7, 11) is 0. The summed E-state index contributed by atoms with van der Waals surface area (Å²) in [5, 5.41) is 9.69. The molecule has 0 aliphatic heterocycles. The van der Waals surface area contributed by atoms with Crippen LogP contribution < -0.4 is 5.56 Å². The zero-order valence-electron chi connectivity index (χ0n) is 10.1.